The SMILES string of the molecule is CCCCCCCC1CCC(C(C(=O)C2CCC(CCCCC)CC2=O)C2CCCCC2)CC1. The van der Waals surface area contributed by atoms with Gasteiger partial charge in [-0.1, -0.05) is 110 Å². The average Bonchev–Trinajstić information content (AvgIpc) is 2.86. The number of rotatable bonds is 14. The average molecular weight is 473 g/mol. The summed E-state index contributed by atoms with van der Waals surface area (Å²) in [5.74, 6) is 3.19. The first kappa shape index (κ1) is 27.9. The number of carbonyl (C=O) groups excluding carboxylic acids is 2. The molecule has 0 aromatic rings. The van der Waals surface area contributed by atoms with Gasteiger partial charge in [0.15, 0.2) is 0 Å². The van der Waals surface area contributed by atoms with Crippen molar-refractivity contribution >= 4 is 11.6 Å². The second kappa shape index (κ2) is 15.5. The van der Waals surface area contributed by atoms with Crippen LogP contribution >= 0.6 is 0 Å². The summed E-state index contributed by atoms with van der Waals surface area (Å²) in [7, 11) is 0. The van der Waals surface area contributed by atoms with Gasteiger partial charge in [-0.05, 0) is 62.2 Å². The molecule has 0 aromatic heterocycles. The summed E-state index contributed by atoms with van der Waals surface area (Å²) in [6, 6.07) is 0. The lowest BCUT2D eigenvalue weighted by molar-refractivity contribution is -0.141. The molecule has 0 aliphatic heterocycles. The van der Waals surface area contributed by atoms with Crippen LogP contribution in [0.3, 0.4) is 0 Å². The lowest BCUT2D eigenvalue weighted by Gasteiger charge is -2.40. The van der Waals surface area contributed by atoms with Crippen LogP contribution in [-0.4, -0.2) is 11.6 Å². The molecule has 3 aliphatic rings. The third-order valence-electron chi connectivity index (χ3n) is 9.90. The smallest absolute Gasteiger partial charge is 0.146 e. The molecule has 0 bridgehead atoms. The molecule has 3 rings (SSSR count). The highest BCUT2D eigenvalue weighted by Gasteiger charge is 2.43. The van der Waals surface area contributed by atoms with Crippen LogP contribution in [0.4, 0.5) is 0 Å². The Morgan fingerprint density at radius 3 is 1.91 bits per heavy atom. The number of carbonyl (C=O) groups is 2. The van der Waals surface area contributed by atoms with E-state index in [1.54, 1.807) is 0 Å². The third kappa shape index (κ3) is 8.48. The molecule has 3 saturated carbocycles. The van der Waals surface area contributed by atoms with E-state index >= 15 is 0 Å². The van der Waals surface area contributed by atoms with Crippen LogP contribution in [0.2, 0.25) is 0 Å². The van der Waals surface area contributed by atoms with Crippen molar-refractivity contribution in [1.82, 2.24) is 0 Å². The van der Waals surface area contributed by atoms with Crippen molar-refractivity contribution in [3.63, 3.8) is 0 Å². The van der Waals surface area contributed by atoms with Gasteiger partial charge in [-0.15, -0.1) is 0 Å². The molecule has 0 heterocycles. The van der Waals surface area contributed by atoms with E-state index in [4.69, 9.17) is 0 Å². The molecule has 196 valence electrons. The Kier molecular flexibility index (Phi) is 12.7. The summed E-state index contributed by atoms with van der Waals surface area (Å²) < 4.78 is 0. The lowest BCUT2D eigenvalue weighted by atomic mass is 9.63. The predicted molar refractivity (Wildman–Crippen MR) is 144 cm³/mol. The highest BCUT2D eigenvalue weighted by Crippen LogP contribution is 2.45. The van der Waals surface area contributed by atoms with Gasteiger partial charge in [-0.2, -0.15) is 0 Å². The number of unbranched alkanes of at least 4 members (excludes halogenated alkanes) is 6. The van der Waals surface area contributed by atoms with Crippen LogP contribution in [0.1, 0.15) is 155 Å². The Morgan fingerprint density at radius 1 is 0.676 bits per heavy atom. The van der Waals surface area contributed by atoms with Crippen molar-refractivity contribution in [2.24, 2.45) is 35.5 Å². The molecular formula is C32H56O2. The van der Waals surface area contributed by atoms with Gasteiger partial charge in [-0.25, -0.2) is 0 Å². The molecule has 3 aliphatic carbocycles. The predicted octanol–water partition coefficient (Wildman–Crippen LogP) is 9.48. The van der Waals surface area contributed by atoms with Crippen LogP contribution < -0.4 is 0 Å². The molecule has 3 fully saturated rings. The van der Waals surface area contributed by atoms with Crippen molar-refractivity contribution in [2.45, 2.75) is 155 Å². The molecule has 0 radical (unpaired) electrons. The first-order valence-corrected chi connectivity index (χ1v) is 15.7. The zero-order valence-corrected chi connectivity index (χ0v) is 22.8. The normalized spacial score (nSPS) is 29.8. The van der Waals surface area contributed by atoms with Gasteiger partial charge < -0.3 is 0 Å². The fourth-order valence-electron chi connectivity index (χ4n) is 7.77. The van der Waals surface area contributed by atoms with Crippen molar-refractivity contribution in [3.05, 3.63) is 0 Å². The van der Waals surface area contributed by atoms with Crippen LogP contribution in [0.15, 0.2) is 0 Å². The van der Waals surface area contributed by atoms with Crippen LogP contribution in [0.5, 0.6) is 0 Å². The fraction of sp³-hybridized carbons (Fsp3) is 0.938. The maximum atomic E-state index is 14.0. The molecule has 0 aromatic carbocycles. The molecule has 0 amide bonds. The first-order valence-electron chi connectivity index (χ1n) is 15.7. The molecule has 34 heavy (non-hydrogen) atoms. The Balaban J connectivity index is 1.54. The molecule has 0 saturated heterocycles. The van der Waals surface area contributed by atoms with Gasteiger partial charge in [0.05, 0.1) is 5.92 Å². The summed E-state index contributed by atoms with van der Waals surface area (Å²) in [4.78, 5) is 27.2. The fourth-order valence-corrected chi connectivity index (χ4v) is 7.77. The minimum absolute atomic E-state index is 0.191. The molecule has 3 atom stereocenters. The third-order valence-corrected chi connectivity index (χ3v) is 9.90. The maximum Gasteiger partial charge on any atom is 0.146 e. The minimum Gasteiger partial charge on any atom is -0.299 e. The maximum absolute atomic E-state index is 14.0. The van der Waals surface area contributed by atoms with E-state index in [-0.39, 0.29) is 11.8 Å². The zero-order valence-electron chi connectivity index (χ0n) is 22.8. The molecular weight excluding hydrogens is 416 g/mol. The van der Waals surface area contributed by atoms with Crippen molar-refractivity contribution in [1.29, 1.82) is 0 Å². The lowest BCUT2D eigenvalue weighted by Crippen LogP contribution is -2.42. The van der Waals surface area contributed by atoms with Crippen LogP contribution in [0, 0.1) is 35.5 Å². The number of ketones is 2. The van der Waals surface area contributed by atoms with E-state index in [0.29, 0.717) is 35.7 Å². The minimum atomic E-state index is -0.259. The van der Waals surface area contributed by atoms with E-state index in [9.17, 15) is 9.59 Å². The Hall–Kier alpha value is -0.660. The quantitative estimate of drug-likeness (QED) is 0.186. The van der Waals surface area contributed by atoms with E-state index < -0.39 is 0 Å². The summed E-state index contributed by atoms with van der Waals surface area (Å²) in [5.41, 5.74) is 0. The largest absolute Gasteiger partial charge is 0.299 e. The Morgan fingerprint density at radius 2 is 1.24 bits per heavy atom. The Labute approximate surface area is 211 Å². The molecule has 3 unspecified atom stereocenters. The summed E-state index contributed by atoms with van der Waals surface area (Å²) in [5, 5.41) is 0. The Bertz CT molecular complexity index is 582. The summed E-state index contributed by atoms with van der Waals surface area (Å²) >= 11 is 0. The van der Waals surface area contributed by atoms with Gasteiger partial charge in [0.2, 0.25) is 0 Å². The monoisotopic (exact) mass is 472 g/mol. The van der Waals surface area contributed by atoms with Gasteiger partial charge in [-0.3, -0.25) is 9.59 Å². The van der Waals surface area contributed by atoms with E-state index in [2.05, 4.69) is 13.8 Å². The zero-order chi connectivity index (χ0) is 24.2. The molecule has 2 heteroatoms. The highest BCUT2D eigenvalue weighted by molar-refractivity contribution is 6.04. The van der Waals surface area contributed by atoms with Crippen LogP contribution in [-0.2, 0) is 9.59 Å². The number of hydrogen-bond acceptors (Lipinski definition) is 2. The van der Waals surface area contributed by atoms with Gasteiger partial charge >= 0.3 is 0 Å². The second-order valence-electron chi connectivity index (χ2n) is 12.5. The second-order valence-corrected chi connectivity index (χ2v) is 12.5. The number of hydrogen-bond donors (Lipinski definition) is 0. The van der Waals surface area contributed by atoms with E-state index in [0.717, 1.165) is 18.8 Å². The van der Waals surface area contributed by atoms with Crippen molar-refractivity contribution in [2.75, 3.05) is 0 Å². The first-order chi connectivity index (χ1) is 16.6. The summed E-state index contributed by atoms with van der Waals surface area (Å²) in [6.07, 6.45) is 27.4. The highest BCUT2D eigenvalue weighted by atomic mass is 16.2. The van der Waals surface area contributed by atoms with E-state index in [1.165, 1.54) is 122 Å². The molecule has 0 spiro atoms. The number of Topliss-reactive ketones (excluding diaryl/α,β-unsaturated/α-hetero) is 2. The molecule has 2 nitrogen and oxygen atoms in total. The van der Waals surface area contributed by atoms with Gasteiger partial charge in [0.1, 0.15) is 11.6 Å². The van der Waals surface area contributed by atoms with Crippen molar-refractivity contribution in [3.8, 4) is 0 Å². The van der Waals surface area contributed by atoms with Crippen molar-refractivity contribution < 1.29 is 9.59 Å². The van der Waals surface area contributed by atoms with Crippen LogP contribution in [0.25, 0.3) is 0 Å². The van der Waals surface area contributed by atoms with E-state index in [1.807, 2.05) is 0 Å². The van der Waals surface area contributed by atoms with Gasteiger partial charge in [0.25, 0.3) is 0 Å². The topological polar surface area (TPSA) is 34.1 Å². The standard InChI is InChI=1S/C32H56O2/c1-3-5-7-8-11-14-25-18-21-28(22-19-25)31(27-16-12-9-13-17-27)32(34)29-23-20-26(24-30(29)33)15-10-6-4-2/h25-29,31H,3-24H2,1-2H3. The van der Waals surface area contributed by atoms with Gasteiger partial charge in [0, 0.05) is 12.3 Å². The summed E-state index contributed by atoms with van der Waals surface area (Å²) in [6.45, 7) is 4.53. The molecule has 0 N–H and O–H groups in total.